The van der Waals surface area contributed by atoms with Gasteiger partial charge in [-0.1, -0.05) is 39.3 Å². The molecule has 1 aliphatic heterocycles. The first-order valence-electron chi connectivity index (χ1n) is 9.21. The summed E-state index contributed by atoms with van der Waals surface area (Å²) in [6, 6.07) is 6.21. The number of amides is 2. The van der Waals surface area contributed by atoms with Crippen LogP contribution in [0.5, 0.6) is 0 Å². The summed E-state index contributed by atoms with van der Waals surface area (Å²) in [7, 11) is 0. The van der Waals surface area contributed by atoms with E-state index in [-0.39, 0.29) is 41.6 Å². The number of hydrogen-bond acceptors (Lipinski definition) is 3. The number of benzene rings is 1. The van der Waals surface area contributed by atoms with Crippen LogP contribution in [-0.2, 0) is 4.79 Å². The molecular formula is C20H31Cl2N3O2. The first-order valence-corrected chi connectivity index (χ1v) is 9.58. The van der Waals surface area contributed by atoms with Gasteiger partial charge in [-0.25, -0.2) is 0 Å². The van der Waals surface area contributed by atoms with Gasteiger partial charge in [-0.3, -0.25) is 9.59 Å². The number of piperidine rings is 1. The van der Waals surface area contributed by atoms with E-state index in [0.29, 0.717) is 30.1 Å². The van der Waals surface area contributed by atoms with Crippen LogP contribution in [0.3, 0.4) is 0 Å². The Balaban J connectivity index is 0.00000364. The predicted molar refractivity (Wildman–Crippen MR) is 112 cm³/mol. The van der Waals surface area contributed by atoms with Crippen LogP contribution in [0, 0.1) is 11.3 Å². The normalized spacial score (nSPS) is 20.0. The average Bonchev–Trinajstić information content (AvgIpc) is 2.56. The Morgan fingerprint density at radius 2 is 1.89 bits per heavy atom. The molecule has 0 aromatic heterocycles. The molecule has 5 nitrogen and oxygen atoms in total. The molecule has 3 N–H and O–H groups in total. The summed E-state index contributed by atoms with van der Waals surface area (Å²) in [6.45, 7) is 9.50. The van der Waals surface area contributed by atoms with E-state index in [9.17, 15) is 9.59 Å². The zero-order valence-electron chi connectivity index (χ0n) is 16.5. The highest BCUT2D eigenvalue weighted by Crippen LogP contribution is 2.28. The maximum atomic E-state index is 13.1. The summed E-state index contributed by atoms with van der Waals surface area (Å²) >= 11 is 5.88. The van der Waals surface area contributed by atoms with E-state index in [1.54, 1.807) is 24.3 Å². The van der Waals surface area contributed by atoms with Gasteiger partial charge in [0.15, 0.2) is 0 Å². The number of nitrogens with two attached hydrogens (primary N) is 1. The highest BCUT2D eigenvalue weighted by molar-refractivity contribution is 6.30. The molecule has 0 bridgehead atoms. The van der Waals surface area contributed by atoms with E-state index in [1.807, 2.05) is 18.7 Å². The number of hydrogen-bond donors (Lipinski definition) is 2. The molecule has 0 spiro atoms. The van der Waals surface area contributed by atoms with Gasteiger partial charge >= 0.3 is 0 Å². The Morgan fingerprint density at radius 3 is 2.41 bits per heavy atom. The van der Waals surface area contributed by atoms with Crippen molar-refractivity contribution >= 4 is 35.8 Å². The largest absolute Gasteiger partial charge is 0.340 e. The predicted octanol–water partition coefficient (Wildman–Crippen LogP) is 3.49. The molecule has 2 unspecified atom stereocenters. The Hall–Kier alpha value is -1.30. The molecule has 1 fully saturated rings. The molecule has 1 saturated heterocycles. The molecule has 152 valence electrons. The van der Waals surface area contributed by atoms with Crippen LogP contribution in [0.25, 0.3) is 0 Å². The van der Waals surface area contributed by atoms with Crippen molar-refractivity contribution in [2.75, 3.05) is 13.1 Å². The Bertz CT molecular complexity index is 647. The summed E-state index contributed by atoms with van der Waals surface area (Å²) in [5, 5.41) is 3.49. The van der Waals surface area contributed by atoms with Crippen molar-refractivity contribution in [3.8, 4) is 0 Å². The smallest absolute Gasteiger partial charge is 0.251 e. The standard InChI is InChI=1S/C20H30ClN3O2.ClH/c1-13(2)11-16(23-18(25)14-5-7-15(21)8-6-14)19(26)24-10-9-17(22)20(3,4)12-24;/h5-8,13,16-17H,9-12,22H2,1-4H3,(H,23,25);1H. The molecule has 0 radical (unpaired) electrons. The van der Waals surface area contributed by atoms with Crippen molar-refractivity contribution in [2.24, 2.45) is 17.1 Å². The Kier molecular flexibility index (Phi) is 8.58. The number of rotatable bonds is 5. The lowest BCUT2D eigenvalue weighted by Gasteiger charge is -2.43. The summed E-state index contributed by atoms with van der Waals surface area (Å²) in [5.41, 5.74) is 6.55. The minimum absolute atomic E-state index is 0. The molecule has 0 saturated carbocycles. The minimum Gasteiger partial charge on any atom is -0.340 e. The highest BCUT2D eigenvalue weighted by Gasteiger charge is 2.37. The maximum absolute atomic E-state index is 13.1. The van der Waals surface area contributed by atoms with Gasteiger partial charge in [0.2, 0.25) is 5.91 Å². The van der Waals surface area contributed by atoms with Crippen LogP contribution in [0.4, 0.5) is 0 Å². The van der Waals surface area contributed by atoms with Gasteiger partial charge in [0.05, 0.1) is 0 Å². The number of carbonyl (C=O) groups excluding carboxylic acids is 2. The Labute approximate surface area is 173 Å². The third kappa shape index (κ3) is 6.37. The second-order valence-corrected chi connectivity index (χ2v) is 8.74. The lowest BCUT2D eigenvalue weighted by Crippen LogP contribution is -2.58. The fourth-order valence-electron chi connectivity index (χ4n) is 3.32. The van der Waals surface area contributed by atoms with Crippen LogP contribution >= 0.6 is 24.0 Å². The van der Waals surface area contributed by atoms with Crippen molar-refractivity contribution in [1.29, 1.82) is 0 Å². The van der Waals surface area contributed by atoms with Gasteiger partial charge in [0, 0.05) is 29.7 Å². The van der Waals surface area contributed by atoms with Crippen LogP contribution in [0.15, 0.2) is 24.3 Å². The van der Waals surface area contributed by atoms with Gasteiger partial charge in [0.25, 0.3) is 5.91 Å². The lowest BCUT2D eigenvalue weighted by molar-refractivity contribution is -0.137. The third-order valence-corrected chi connectivity index (χ3v) is 5.29. The van der Waals surface area contributed by atoms with E-state index in [4.69, 9.17) is 17.3 Å². The summed E-state index contributed by atoms with van der Waals surface area (Å²) in [4.78, 5) is 27.5. The molecule has 27 heavy (non-hydrogen) atoms. The van der Waals surface area contributed by atoms with Crippen molar-refractivity contribution < 1.29 is 9.59 Å². The van der Waals surface area contributed by atoms with E-state index >= 15 is 0 Å². The fourth-order valence-corrected chi connectivity index (χ4v) is 3.44. The average molecular weight is 416 g/mol. The van der Waals surface area contributed by atoms with Gasteiger partial charge < -0.3 is 16.0 Å². The lowest BCUT2D eigenvalue weighted by atomic mass is 9.79. The molecule has 7 heteroatoms. The summed E-state index contributed by atoms with van der Waals surface area (Å²) < 4.78 is 0. The molecule has 1 aliphatic rings. The minimum atomic E-state index is -0.539. The molecule has 1 heterocycles. The third-order valence-electron chi connectivity index (χ3n) is 5.04. The van der Waals surface area contributed by atoms with Gasteiger partial charge in [0.1, 0.15) is 6.04 Å². The fraction of sp³-hybridized carbons (Fsp3) is 0.600. The van der Waals surface area contributed by atoms with E-state index in [2.05, 4.69) is 19.2 Å². The molecule has 1 aromatic carbocycles. The van der Waals surface area contributed by atoms with Crippen molar-refractivity contribution in [3.05, 3.63) is 34.9 Å². The number of halogens is 2. The summed E-state index contributed by atoms with van der Waals surface area (Å²) in [6.07, 6.45) is 1.37. The van der Waals surface area contributed by atoms with Crippen molar-refractivity contribution in [2.45, 2.75) is 52.6 Å². The molecular weight excluding hydrogens is 385 g/mol. The van der Waals surface area contributed by atoms with Crippen LogP contribution in [0.2, 0.25) is 5.02 Å². The Morgan fingerprint density at radius 1 is 1.30 bits per heavy atom. The van der Waals surface area contributed by atoms with Gasteiger partial charge in [-0.05, 0) is 48.4 Å². The van der Waals surface area contributed by atoms with E-state index in [0.717, 1.165) is 6.42 Å². The first-order chi connectivity index (χ1) is 12.1. The van der Waals surface area contributed by atoms with Crippen molar-refractivity contribution in [1.82, 2.24) is 10.2 Å². The maximum Gasteiger partial charge on any atom is 0.251 e. The van der Waals surface area contributed by atoms with E-state index in [1.165, 1.54) is 0 Å². The second kappa shape index (κ2) is 9.76. The highest BCUT2D eigenvalue weighted by atomic mass is 35.5. The number of likely N-dealkylation sites (tertiary alicyclic amines) is 1. The molecule has 2 amide bonds. The monoisotopic (exact) mass is 415 g/mol. The SMILES string of the molecule is CC(C)CC(NC(=O)c1ccc(Cl)cc1)C(=O)N1CCC(N)C(C)(C)C1.Cl. The number of nitrogens with one attached hydrogen (secondary N) is 1. The van der Waals surface area contributed by atoms with Crippen LogP contribution in [0.1, 0.15) is 50.9 Å². The molecule has 2 rings (SSSR count). The van der Waals surface area contributed by atoms with Crippen molar-refractivity contribution in [3.63, 3.8) is 0 Å². The van der Waals surface area contributed by atoms with Gasteiger partial charge in [-0.2, -0.15) is 0 Å². The topological polar surface area (TPSA) is 75.4 Å². The van der Waals surface area contributed by atoms with E-state index < -0.39 is 6.04 Å². The quantitative estimate of drug-likeness (QED) is 0.772. The number of nitrogens with zero attached hydrogens (tertiary/aromatic N) is 1. The zero-order valence-corrected chi connectivity index (χ0v) is 18.1. The molecule has 0 aliphatic carbocycles. The zero-order chi connectivity index (χ0) is 19.5. The van der Waals surface area contributed by atoms with Gasteiger partial charge in [-0.15, -0.1) is 12.4 Å². The molecule has 2 atom stereocenters. The summed E-state index contributed by atoms with van der Waals surface area (Å²) in [5.74, 6) is 0.00384. The molecule has 1 aromatic rings. The number of carbonyl (C=O) groups is 2. The first kappa shape index (κ1) is 23.7. The second-order valence-electron chi connectivity index (χ2n) is 8.31. The van der Waals surface area contributed by atoms with Crippen LogP contribution in [-0.4, -0.2) is 41.9 Å². The van der Waals surface area contributed by atoms with Crippen LogP contribution < -0.4 is 11.1 Å².